The van der Waals surface area contributed by atoms with Crippen LogP contribution in [0.4, 0.5) is 0 Å². The van der Waals surface area contributed by atoms with Crippen molar-refractivity contribution in [3.8, 4) is 22.5 Å². The number of aromatic nitrogens is 1. The third kappa shape index (κ3) is 4.17. The van der Waals surface area contributed by atoms with Gasteiger partial charge in [-0.15, -0.1) is 0 Å². The summed E-state index contributed by atoms with van der Waals surface area (Å²) >= 11 is 0. The van der Waals surface area contributed by atoms with Crippen molar-refractivity contribution in [1.82, 2.24) is 4.98 Å². The van der Waals surface area contributed by atoms with Crippen LogP contribution in [0.15, 0.2) is 121 Å². The minimum absolute atomic E-state index is 0.452. The number of hydrogen-bond donors (Lipinski definition) is 0. The summed E-state index contributed by atoms with van der Waals surface area (Å²) in [6.45, 7) is 8.40. The standard InChI is InChI=1S/C39H32BNO2/c1-38(2)39(3,4)43-40(42-38)27-23-36(34-21-25-13-5-7-15-28(25)30-17-9-11-19-32(30)34)41-37(24-27)35-22-26-14-6-8-16-29(26)31-18-10-12-20-33(31)35/h5-24H,1-4H3. The predicted octanol–water partition coefficient (Wildman–Crippen LogP) is 9.33. The average Bonchev–Trinajstić information content (AvgIpc) is 3.26. The van der Waals surface area contributed by atoms with Crippen LogP contribution in [0.25, 0.3) is 65.6 Å². The van der Waals surface area contributed by atoms with Gasteiger partial charge in [0.2, 0.25) is 0 Å². The fourth-order valence-electron chi connectivity index (χ4n) is 6.48. The van der Waals surface area contributed by atoms with Gasteiger partial charge >= 0.3 is 7.12 Å². The van der Waals surface area contributed by atoms with Crippen molar-refractivity contribution < 1.29 is 9.31 Å². The number of rotatable bonds is 3. The SMILES string of the molecule is CC1(C)OB(c2cc(-c3cc4ccccc4c4ccccc34)nc(-c3cc4ccccc4c4ccccc34)c2)OC1(C)C. The summed E-state index contributed by atoms with van der Waals surface area (Å²) in [7, 11) is -0.510. The van der Waals surface area contributed by atoms with Crippen LogP contribution in [-0.4, -0.2) is 23.3 Å². The van der Waals surface area contributed by atoms with E-state index in [2.05, 4.69) is 149 Å². The van der Waals surface area contributed by atoms with E-state index in [1.165, 1.54) is 43.1 Å². The van der Waals surface area contributed by atoms with Gasteiger partial charge in [0.25, 0.3) is 0 Å². The lowest BCUT2D eigenvalue weighted by Gasteiger charge is -2.32. The van der Waals surface area contributed by atoms with Gasteiger partial charge in [-0.3, -0.25) is 0 Å². The molecule has 0 atom stereocenters. The third-order valence-electron chi connectivity index (χ3n) is 9.46. The minimum Gasteiger partial charge on any atom is -0.399 e. The zero-order valence-electron chi connectivity index (χ0n) is 24.9. The molecule has 3 nitrogen and oxygen atoms in total. The lowest BCUT2D eigenvalue weighted by atomic mass is 9.77. The Kier molecular flexibility index (Phi) is 5.78. The first kappa shape index (κ1) is 26.1. The molecule has 1 aliphatic heterocycles. The summed E-state index contributed by atoms with van der Waals surface area (Å²) < 4.78 is 13.2. The van der Waals surface area contributed by atoms with Crippen LogP contribution in [0.1, 0.15) is 27.7 Å². The summed E-state index contributed by atoms with van der Waals surface area (Å²) in [5, 5.41) is 9.65. The summed E-state index contributed by atoms with van der Waals surface area (Å²) in [4.78, 5) is 5.42. The van der Waals surface area contributed by atoms with E-state index in [1.54, 1.807) is 0 Å². The molecule has 0 aliphatic carbocycles. The molecule has 8 rings (SSSR count). The Morgan fingerprint density at radius 2 is 0.837 bits per heavy atom. The molecular weight excluding hydrogens is 525 g/mol. The van der Waals surface area contributed by atoms with Gasteiger partial charge in [-0.1, -0.05) is 97.1 Å². The van der Waals surface area contributed by atoms with Crippen molar-refractivity contribution >= 4 is 55.7 Å². The lowest BCUT2D eigenvalue weighted by molar-refractivity contribution is 0.00578. The maximum Gasteiger partial charge on any atom is 0.494 e. The number of nitrogens with zero attached hydrogens (tertiary/aromatic N) is 1. The summed E-state index contributed by atoms with van der Waals surface area (Å²) in [5.41, 5.74) is 4.06. The zero-order valence-corrected chi connectivity index (χ0v) is 24.9. The maximum absolute atomic E-state index is 6.60. The van der Waals surface area contributed by atoms with E-state index in [9.17, 15) is 0 Å². The minimum atomic E-state index is -0.510. The Morgan fingerprint density at radius 1 is 0.465 bits per heavy atom. The number of benzene rings is 6. The van der Waals surface area contributed by atoms with Crippen LogP contribution in [-0.2, 0) is 9.31 Å². The van der Waals surface area contributed by atoms with Crippen LogP contribution < -0.4 is 5.46 Å². The molecule has 0 radical (unpaired) electrons. The highest BCUT2D eigenvalue weighted by molar-refractivity contribution is 6.62. The Labute approximate surface area is 252 Å². The molecule has 0 unspecified atom stereocenters. The van der Waals surface area contributed by atoms with Crippen molar-refractivity contribution in [2.45, 2.75) is 38.9 Å². The monoisotopic (exact) mass is 557 g/mol. The Morgan fingerprint density at radius 3 is 1.28 bits per heavy atom. The molecule has 1 aliphatic rings. The number of fused-ring (bicyclic) bond motifs is 6. The molecule has 0 bridgehead atoms. The molecule has 0 spiro atoms. The van der Waals surface area contributed by atoms with Crippen molar-refractivity contribution in [2.24, 2.45) is 0 Å². The fraction of sp³-hybridized carbons (Fsp3) is 0.154. The second-order valence-electron chi connectivity index (χ2n) is 12.6. The highest BCUT2D eigenvalue weighted by Crippen LogP contribution is 2.40. The number of hydrogen-bond acceptors (Lipinski definition) is 3. The van der Waals surface area contributed by atoms with Crippen LogP contribution in [0.5, 0.6) is 0 Å². The second-order valence-corrected chi connectivity index (χ2v) is 12.6. The molecule has 2 heterocycles. The highest BCUT2D eigenvalue weighted by Gasteiger charge is 2.52. The molecule has 0 saturated carbocycles. The molecule has 43 heavy (non-hydrogen) atoms. The van der Waals surface area contributed by atoms with Crippen molar-refractivity contribution in [1.29, 1.82) is 0 Å². The molecule has 1 saturated heterocycles. The molecule has 0 amide bonds. The van der Waals surface area contributed by atoms with E-state index >= 15 is 0 Å². The average molecular weight is 558 g/mol. The molecule has 1 aromatic heterocycles. The van der Waals surface area contributed by atoms with Crippen molar-refractivity contribution in [3.63, 3.8) is 0 Å². The van der Waals surface area contributed by atoms with Crippen molar-refractivity contribution in [2.75, 3.05) is 0 Å². The molecule has 6 aromatic carbocycles. The van der Waals surface area contributed by atoms with Gasteiger partial charge in [0.15, 0.2) is 0 Å². The van der Waals surface area contributed by atoms with Crippen LogP contribution >= 0.6 is 0 Å². The normalized spacial score (nSPS) is 16.0. The fourth-order valence-corrected chi connectivity index (χ4v) is 6.48. The first-order chi connectivity index (χ1) is 20.8. The van der Waals surface area contributed by atoms with Gasteiger partial charge in [0.1, 0.15) is 0 Å². The highest BCUT2D eigenvalue weighted by atomic mass is 16.7. The van der Waals surface area contributed by atoms with Gasteiger partial charge in [-0.25, -0.2) is 4.98 Å². The van der Waals surface area contributed by atoms with Gasteiger partial charge in [-0.05, 0) is 101 Å². The summed E-state index contributed by atoms with van der Waals surface area (Å²) in [6, 6.07) is 43.3. The first-order valence-electron chi connectivity index (χ1n) is 15.0. The molecule has 7 aromatic rings. The smallest absolute Gasteiger partial charge is 0.399 e. The molecule has 0 N–H and O–H groups in total. The third-order valence-corrected chi connectivity index (χ3v) is 9.46. The predicted molar refractivity (Wildman–Crippen MR) is 181 cm³/mol. The van der Waals surface area contributed by atoms with Gasteiger partial charge in [0.05, 0.1) is 22.6 Å². The maximum atomic E-state index is 6.60. The molecule has 4 heteroatoms. The second kappa shape index (κ2) is 9.50. The van der Waals surface area contributed by atoms with E-state index in [1.807, 2.05) is 0 Å². The van der Waals surface area contributed by atoms with Crippen LogP contribution in [0, 0.1) is 0 Å². The van der Waals surface area contributed by atoms with E-state index in [0.29, 0.717) is 0 Å². The Balaban J connectivity index is 1.43. The van der Waals surface area contributed by atoms with Crippen LogP contribution in [0.3, 0.4) is 0 Å². The molecular formula is C39H32BNO2. The van der Waals surface area contributed by atoms with E-state index < -0.39 is 18.3 Å². The molecule has 208 valence electrons. The quantitative estimate of drug-likeness (QED) is 0.160. The molecule has 1 fully saturated rings. The Bertz CT molecular complexity index is 2060. The topological polar surface area (TPSA) is 31.4 Å². The first-order valence-corrected chi connectivity index (χ1v) is 15.0. The largest absolute Gasteiger partial charge is 0.494 e. The van der Waals surface area contributed by atoms with Gasteiger partial charge < -0.3 is 9.31 Å². The summed E-state index contributed by atoms with van der Waals surface area (Å²) in [6.07, 6.45) is 0. The van der Waals surface area contributed by atoms with E-state index in [-0.39, 0.29) is 0 Å². The summed E-state index contributed by atoms with van der Waals surface area (Å²) in [5.74, 6) is 0. The Hall–Kier alpha value is -4.51. The van der Waals surface area contributed by atoms with Gasteiger partial charge in [0, 0.05) is 11.1 Å². The van der Waals surface area contributed by atoms with Crippen molar-refractivity contribution in [3.05, 3.63) is 121 Å². The van der Waals surface area contributed by atoms with E-state index in [0.717, 1.165) is 28.0 Å². The lowest BCUT2D eigenvalue weighted by Crippen LogP contribution is -2.41. The van der Waals surface area contributed by atoms with E-state index in [4.69, 9.17) is 14.3 Å². The number of pyridine rings is 1. The van der Waals surface area contributed by atoms with Gasteiger partial charge in [-0.2, -0.15) is 0 Å². The zero-order chi connectivity index (χ0) is 29.3. The van der Waals surface area contributed by atoms with Crippen LogP contribution in [0.2, 0.25) is 0 Å².